The summed E-state index contributed by atoms with van der Waals surface area (Å²) in [6.45, 7) is 0. The van der Waals surface area contributed by atoms with Gasteiger partial charge < -0.3 is 0 Å². The topological polar surface area (TPSA) is 25.8 Å². The highest BCUT2D eigenvalue weighted by Gasteiger charge is 2.03. The Bertz CT molecular complexity index is 866. The molecule has 0 fully saturated rings. The number of hydrogen-bond acceptors (Lipinski definition) is 3. The molecule has 2 nitrogen and oxygen atoms in total. The summed E-state index contributed by atoms with van der Waals surface area (Å²) >= 11 is 1.38. The van der Waals surface area contributed by atoms with Crippen molar-refractivity contribution in [2.75, 3.05) is 0 Å². The van der Waals surface area contributed by atoms with Crippen LogP contribution in [0.3, 0.4) is 0 Å². The summed E-state index contributed by atoms with van der Waals surface area (Å²) in [4.78, 5) is 0. The normalized spacial score (nSPS) is 11.2. The van der Waals surface area contributed by atoms with E-state index in [-0.39, 0.29) is 0 Å². The zero-order valence-corrected chi connectivity index (χ0v) is 10.9. The Morgan fingerprint density at radius 2 is 1.47 bits per heavy atom. The second kappa shape index (κ2) is 4.14. The van der Waals surface area contributed by atoms with Gasteiger partial charge in [0.05, 0.1) is 0 Å². The molecule has 0 amide bonds. The van der Waals surface area contributed by atoms with Crippen LogP contribution in [0.1, 0.15) is 0 Å². The highest BCUT2D eigenvalue weighted by molar-refractivity contribution is 7.03. The van der Waals surface area contributed by atoms with Crippen molar-refractivity contribution < 1.29 is 0 Å². The van der Waals surface area contributed by atoms with E-state index in [2.05, 4.69) is 64.2 Å². The molecule has 1 aromatic heterocycles. The Balaban J connectivity index is 2.00. The van der Waals surface area contributed by atoms with Crippen LogP contribution in [0.4, 0.5) is 0 Å². The lowest BCUT2D eigenvalue weighted by molar-refractivity contribution is 1.16. The molecule has 0 N–H and O–H groups in total. The molecule has 19 heavy (non-hydrogen) atoms. The van der Waals surface area contributed by atoms with Gasteiger partial charge in [0.25, 0.3) is 0 Å². The molecule has 1 heterocycles. The average molecular weight is 262 g/mol. The Morgan fingerprint density at radius 1 is 0.737 bits per heavy atom. The monoisotopic (exact) mass is 262 g/mol. The number of nitrogens with zero attached hydrogens (tertiary/aromatic N) is 2. The third-order valence-electron chi connectivity index (χ3n) is 3.36. The zero-order valence-electron chi connectivity index (χ0n) is 10.1. The molecule has 4 rings (SSSR count). The maximum atomic E-state index is 4.12. The first-order chi connectivity index (χ1) is 9.40. The highest BCUT2D eigenvalue weighted by Crippen LogP contribution is 2.27. The van der Waals surface area contributed by atoms with Gasteiger partial charge >= 0.3 is 0 Å². The lowest BCUT2D eigenvalue weighted by Crippen LogP contribution is -1.80. The summed E-state index contributed by atoms with van der Waals surface area (Å²) in [5, 5.41) is 11.1. The smallest absolute Gasteiger partial charge is 0.105 e. The first-order valence-corrected chi connectivity index (χ1v) is 6.94. The van der Waals surface area contributed by atoms with Crippen LogP contribution in [0.25, 0.3) is 32.8 Å². The first-order valence-electron chi connectivity index (χ1n) is 6.10. The van der Waals surface area contributed by atoms with Crippen LogP contribution in [0.5, 0.6) is 0 Å². The van der Waals surface area contributed by atoms with Crippen molar-refractivity contribution in [3.63, 3.8) is 0 Å². The lowest BCUT2D eigenvalue weighted by atomic mass is 10.0. The van der Waals surface area contributed by atoms with E-state index in [4.69, 9.17) is 0 Å². The van der Waals surface area contributed by atoms with E-state index in [0.29, 0.717) is 0 Å². The first kappa shape index (κ1) is 10.6. The van der Waals surface area contributed by atoms with Crippen molar-refractivity contribution in [3.05, 3.63) is 60.0 Å². The summed E-state index contributed by atoms with van der Waals surface area (Å²) in [6.07, 6.45) is 0. The van der Waals surface area contributed by atoms with Gasteiger partial charge in [0.2, 0.25) is 0 Å². The third-order valence-corrected chi connectivity index (χ3v) is 3.87. The molecular weight excluding hydrogens is 252 g/mol. The quantitative estimate of drug-likeness (QED) is 0.472. The SMILES string of the molecule is c1ccc2cc3cc(-c4csnn4)ccc3cc2c1. The Labute approximate surface area is 114 Å². The lowest BCUT2D eigenvalue weighted by Gasteiger charge is -2.04. The molecule has 0 aliphatic carbocycles. The van der Waals surface area contributed by atoms with Crippen LogP contribution < -0.4 is 0 Å². The maximum absolute atomic E-state index is 4.12. The zero-order chi connectivity index (χ0) is 12.7. The predicted molar refractivity (Wildman–Crippen MR) is 80.4 cm³/mol. The van der Waals surface area contributed by atoms with Crippen LogP contribution in [-0.2, 0) is 0 Å². The molecule has 0 aliphatic heterocycles. The number of fused-ring (bicyclic) bond motifs is 2. The van der Waals surface area contributed by atoms with Crippen LogP contribution in [0.2, 0.25) is 0 Å². The molecule has 3 aromatic carbocycles. The summed E-state index contributed by atoms with van der Waals surface area (Å²) in [5.74, 6) is 0. The molecule has 4 aromatic rings. The van der Waals surface area contributed by atoms with Gasteiger partial charge in [-0.1, -0.05) is 40.9 Å². The number of aromatic nitrogens is 2. The van der Waals surface area contributed by atoms with E-state index in [1.807, 2.05) is 5.38 Å². The molecular formula is C16H10N2S. The fourth-order valence-corrected chi connectivity index (χ4v) is 2.86. The third kappa shape index (κ3) is 1.79. The molecule has 0 unspecified atom stereocenters. The second-order valence-corrected chi connectivity index (χ2v) is 5.16. The van der Waals surface area contributed by atoms with E-state index < -0.39 is 0 Å². The standard InChI is InChI=1S/C16H10N2S/c1-2-4-12-8-15-9-14(16-10-19-18-17-16)6-5-13(15)7-11(12)3-1/h1-10H. The molecule has 0 atom stereocenters. The van der Waals surface area contributed by atoms with Crippen LogP contribution >= 0.6 is 11.5 Å². The molecule has 0 saturated carbocycles. The average Bonchev–Trinajstić information content (AvgIpc) is 2.98. The Morgan fingerprint density at radius 3 is 2.21 bits per heavy atom. The Kier molecular flexibility index (Phi) is 2.32. The Hall–Kier alpha value is -2.26. The minimum absolute atomic E-state index is 0.944. The van der Waals surface area contributed by atoms with Crippen molar-refractivity contribution in [2.24, 2.45) is 0 Å². The maximum Gasteiger partial charge on any atom is 0.105 e. The number of hydrogen-bond donors (Lipinski definition) is 0. The fourth-order valence-electron chi connectivity index (χ4n) is 2.39. The van der Waals surface area contributed by atoms with Crippen molar-refractivity contribution >= 4 is 33.1 Å². The summed E-state index contributed by atoms with van der Waals surface area (Å²) < 4.78 is 3.92. The van der Waals surface area contributed by atoms with Gasteiger partial charge in [-0.05, 0) is 51.3 Å². The van der Waals surface area contributed by atoms with Gasteiger partial charge in [0.15, 0.2) is 0 Å². The van der Waals surface area contributed by atoms with Crippen molar-refractivity contribution in [3.8, 4) is 11.3 Å². The number of benzene rings is 3. The molecule has 3 heteroatoms. The van der Waals surface area contributed by atoms with E-state index in [9.17, 15) is 0 Å². The molecule has 0 aliphatic rings. The van der Waals surface area contributed by atoms with E-state index in [1.54, 1.807) is 0 Å². The van der Waals surface area contributed by atoms with Gasteiger partial charge in [-0.3, -0.25) is 0 Å². The van der Waals surface area contributed by atoms with Gasteiger partial charge in [-0.15, -0.1) is 5.10 Å². The number of rotatable bonds is 1. The van der Waals surface area contributed by atoms with E-state index in [1.165, 1.54) is 33.1 Å². The van der Waals surface area contributed by atoms with Crippen molar-refractivity contribution in [1.29, 1.82) is 0 Å². The summed E-state index contributed by atoms with van der Waals surface area (Å²) in [7, 11) is 0. The van der Waals surface area contributed by atoms with Gasteiger partial charge in [0, 0.05) is 10.9 Å². The molecule has 0 spiro atoms. The van der Waals surface area contributed by atoms with E-state index >= 15 is 0 Å². The highest BCUT2D eigenvalue weighted by atomic mass is 32.1. The van der Waals surface area contributed by atoms with Gasteiger partial charge in [-0.25, -0.2) is 0 Å². The summed E-state index contributed by atoms with van der Waals surface area (Å²) in [6, 6.07) is 19.3. The fraction of sp³-hybridized carbons (Fsp3) is 0. The largest absolute Gasteiger partial charge is 0.138 e. The molecule has 0 radical (unpaired) electrons. The minimum Gasteiger partial charge on any atom is -0.138 e. The van der Waals surface area contributed by atoms with Gasteiger partial charge in [-0.2, -0.15) is 0 Å². The van der Waals surface area contributed by atoms with Crippen molar-refractivity contribution in [2.45, 2.75) is 0 Å². The van der Waals surface area contributed by atoms with Crippen LogP contribution in [-0.4, -0.2) is 9.59 Å². The molecule has 90 valence electrons. The van der Waals surface area contributed by atoms with Gasteiger partial charge in [0.1, 0.15) is 5.69 Å². The van der Waals surface area contributed by atoms with Crippen LogP contribution in [0, 0.1) is 0 Å². The van der Waals surface area contributed by atoms with Crippen molar-refractivity contribution in [1.82, 2.24) is 9.59 Å². The van der Waals surface area contributed by atoms with Crippen LogP contribution in [0.15, 0.2) is 60.0 Å². The van der Waals surface area contributed by atoms with E-state index in [0.717, 1.165) is 11.3 Å². The second-order valence-electron chi connectivity index (χ2n) is 4.55. The molecule has 0 saturated heterocycles. The minimum atomic E-state index is 0.944. The predicted octanol–water partition coefficient (Wildman–Crippen LogP) is 4.51. The summed E-state index contributed by atoms with van der Waals surface area (Å²) in [5.41, 5.74) is 2.07. The molecule has 0 bridgehead atoms.